The Bertz CT molecular complexity index is 1620. The summed E-state index contributed by atoms with van der Waals surface area (Å²) >= 11 is 0. The molecule has 44 heavy (non-hydrogen) atoms. The number of phenols is 3. The lowest BCUT2D eigenvalue weighted by molar-refractivity contribution is -0.278. The van der Waals surface area contributed by atoms with Gasteiger partial charge in [-0.05, 0) is 63.3 Å². The lowest BCUT2D eigenvalue weighted by atomic mass is 9.79. The van der Waals surface area contributed by atoms with Gasteiger partial charge in [0.1, 0.15) is 59.2 Å². The van der Waals surface area contributed by atoms with Crippen LogP contribution in [0.2, 0.25) is 0 Å². The minimum Gasteiger partial charge on any atom is -0.508 e. The van der Waals surface area contributed by atoms with Crippen molar-refractivity contribution >= 4 is 16.9 Å². The number of aliphatic hydroxyl groups is 4. The highest BCUT2D eigenvalue weighted by Crippen LogP contribution is 2.38. The number of hydrogen-bond donors (Lipinski definition) is 7. The highest BCUT2D eigenvalue weighted by Gasteiger charge is 2.46. The van der Waals surface area contributed by atoms with Crippen molar-refractivity contribution in [3.05, 3.63) is 58.3 Å². The molecule has 13 heteroatoms. The third-order valence-corrected chi connectivity index (χ3v) is 8.00. The van der Waals surface area contributed by atoms with Crippen molar-refractivity contribution in [2.45, 2.75) is 69.4 Å². The van der Waals surface area contributed by atoms with E-state index in [4.69, 9.17) is 18.6 Å². The second-order valence-electron chi connectivity index (χ2n) is 11.6. The van der Waals surface area contributed by atoms with Gasteiger partial charge in [0.2, 0.25) is 17.5 Å². The van der Waals surface area contributed by atoms with Crippen LogP contribution >= 0.6 is 0 Å². The fourth-order valence-electron chi connectivity index (χ4n) is 5.36. The lowest BCUT2D eigenvalue weighted by Gasteiger charge is -2.40. The number of carbonyl (C=O) groups excluding carboxylic acids is 1. The van der Waals surface area contributed by atoms with Crippen molar-refractivity contribution in [2.24, 2.45) is 5.92 Å². The molecule has 236 valence electrons. The number of allylic oxidation sites excluding steroid dienone is 1. The van der Waals surface area contributed by atoms with Crippen LogP contribution in [0.15, 0.2) is 57.3 Å². The third kappa shape index (κ3) is 6.23. The van der Waals surface area contributed by atoms with Crippen molar-refractivity contribution in [1.82, 2.24) is 0 Å². The number of fused-ring (bicyclic) bond motifs is 1. The summed E-state index contributed by atoms with van der Waals surface area (Å²) in [5.74, 6) is -2.56. The maximum Gasteiger partial charge on any atom is 0.333 e. The van der Waals surface area contributed by atoms with Crippen LogP contribution in [0.5, 0.6) is 23.0 Å². The van der Waals surface area contributed by atoms with Crippen molar-refractivity contribution in [3.63, 3.8) is 0 Å². The van der Waals surface area contributed by atoms with Gasteiger partial charge in [-0.3, -0.25) is 4.79 Å². The van der Waals surface area contributed by atoms with Gasteiger partial charge in [0.05, 0.1) is 5.60 Å². The van der Waals surface area contributed by atoms with E-state index < -0.39 is 65.8 Å². The number of hydrogen-bond acceptors (Lipinski definition) is 13. The fourth-order valence-corrected chi connectivity index (χ4v) is 5.36. The third-order valence-electron chi connectivity index (χ3n) is 8.00. The zero-order valence-corrected chi connectivity index (χ0v) is 23.9. The Morgan fingerprint density at radius 3 is 2.34 bits per heavy atom. The Balaban J connectivity index is 1.41. The van der Waals surface area contributed by atoms with Crippen LogP contribution < -0.4 is 10.2 Å². The topological polar surface area (TPSA) is 217 Å². The molecule has 7 N–H and O–H groups in total. The van der Waals surface area contributed by atoms with E-state index in [1.54, 1.807) is 19.9 Å². The molecule has 6 atom stereocenters. The first-order valence-electron chi connectivity index (χ1n) is 14.0. The van der Waals surface area contributed by atoms with Crippen LogP contribution in [0.1, 0.15) is 33.1 Å². The monoisotopic (exact) mass is 614 g/mol. The highest BCUT2D eigenvalue weighted by atomic mass is 16.7. The maximum atomic E-state index is 13.6. The Morgan fingerprint density at radius 1 is 1.00 bits per heavy atom. The van der Waals surface area contributed by atoms with Crippen LogP contribution in [0.4, 0.5) is 0 Å². The molecule has 0 bridgehead atoms. The summed E-state index contributed by atoms with van der Waals surface area (Å²) in [4.78, 5) is 26.3. The Kier molecular flexibility index (Phi) is 8.60. The molecule has 0 amide bonds. The molecular formula is C31H34O13. The first-order chi connectivity index (χ1) is 20.7. The largest absolute Gasteiger partial charge is 0.508 e. The normalized spacial score (nSPS) is 25.8. The van der Waals surface area contributed by atoms with Crippen molar-refractivity contribution in [2.75, 3.05) is 6.61 Å². The molecule has 0 spiro atoms. The predicted molar refractivity (Wildman–Crippen MR) is 153 cm³/mol. The number of benzene rings is 2. The first-order valence-corrected chi connectivity index (χ1v) is 14.0. The molecule has 5 rings (SSSR count). The molecule has 2 aromatic carbocycles. The molecule has 2 aliphatic rings. The number of esters is 1. The number of phenolic OH excluding ortho intramolecular Hbond substituents is 3. The summed E-state index contributed by atoms with van der Waals surface area (Å²) < 4.78 is 22.6. The number of rotatable bonds is 7. The molecule has 1 unspecified atom stereocenters. The SMILES string of the molecule is CC(C)(O)C1CC=C(C(=O)OC[C@H]2O[C@@H](Oc3c(-c4ccc(O)cc4)oc4cc(O)cc(O)c4c3=O)[C@H](O)[C@@H](O)[C@@H]2O)CC1. The average Bonchev–Trinajstić information content (AvgIpc) is 2.97. The molecule has 0 radical (unpaired) electrons. The highest BCUT2D eigenvalue weighted by molar-refractivity contribution is 5.89. The van der Waals surface area contributed by atoms with Gasteiger partial charge >= 0.3 is 5.97 Å². The number of aliphatic hydroxyl groups excluding tert-OH is 3. The maximum absolute atomic E-state index is 13.6. The molecule has 1 saturated heterocycles. The second-order valence-corrected chi connectivity index (χ2v) is 11.6. The Labute approximate surface area is 250 Å². The van der Waals surface area contributed by atoms with Gasteiger partial charge in [0.15, 0.2) is 5.76 Å². The first kappa shape index (κ1) is 31.3. The molecule has 3 aromatic rings. The average molecular weight is 615 g/mol. The summed E-state index contributed by atoms with van der Waals surface area (Å²) in [6, 6.07) is 7.45. The van der Waals surface area contributed by atoms with E-state index in [1.165, 1.54) is 24.3 Å². The van der Waals surface area contributed by atoms with Gasteiger partial charge in [-0.15, -0.1) is 0 Å². The van der Waals surface area contributed by atoms with Crippen LogP contribution in [0.25, 0.3) is 22.3 Å². The fraction of sp³-hybridized carbons (Fsp3) is 0.419. The molecule has 1 aliphatic carbocycles. The predicted octanol–water partition coefficient (Wildman–Crippen LogP) is 1.80. The summed E-state index contributed by atoms with van der Waals surface area (Å²) in [5.41, 5.74) is -1.40. The molecule has 1 aromatic heterocycles. The number of carbonyl (C=O) groups is 1. The molecule has 2 heterocycles. The van der Waals surface area contributed by atoms with Crippen molar-refractivity contribution in [3.8, 4) is 34.3 Å². The minimum atomic E-state index is -1.88. The Morgan fingerprint density at radius 2 is 1.70 bits per heavy atom. The van der Waals surface area contributed by atoms with E-state index >= 15 is 0 Å². The zero-order valence-electron chi connectivity index (χ0n) is 23.9. The molecule has 13 nitrogen and oxygen atoms in total. The van der Waals surface area contributed by atoms with Gasteiger partial charge in [-0.2, -0.15) is 0 Å². The quantitative estimate of drug-likeness (QED) is 0.189. The lowest BCUT2D eigenvalue weighted by Crippen LogP contribution is -2.60. The summed E-state index contributed by atoms with van der Waals surface area (Å²) in [6.45, 7) is 2.88. The van der Waals surface area contributed by atoms with Gasteiger partial charge < -0.3 is 54.4 Å². The van der Waals surface area contributed by atoms with Crippen molar-refractivity contribution < 1.29 is 59.2 Å². The van der Waals surface area contributed by atoms with E-state index in [0.717, 1.165) is 12.1 Å². The number of ether oxygens (including phenoxy) is 3. The van der Waals surface area contributed by atoms with Crippen LogP contribution in [0, 0.1) is 5.92 Å². The molecular weight excluding hydrogens is 580 g/mol. The summed E-state index contributed by atoms with van der Waals surface area (Å²) in [5, 5.41) is 71.8. The van der Waals surface area contributed by atoms with E-state index in [-0.39, 0.29) is 39.7 Å². The zero-order chi connectivity index (χ0) is 31.9. The van der Waals surface area contributed by atoms with Crippen LogP contribution in [-0.4, -0.2) is 84.6 Å². The standard InChI is InChI=1S/C31H34O13/c1-31(2,40)16-7-3-15(4-8-16)29(39)41-13-21-23(35)25(37)26(38)30(43-21)44-28-24(36)22-19(34)11-18(33)12-20(22)42-27(28)14-5-9-17(32)10-6-14/h3,5-6,9-12,16,21,23,25-26,30,32-35,37-38,40H,4,7-8,13H2,1-2H3/t16?,21-,23-,25+,26-,30+/m1/s1. The van der Waals surface area contributed by atoms with Gasteiger partial charge in [-0.25, -0.2) is 4.79 Å². The Hall–Kier alpha value is -4.14. The minimum absolute atomic E-state index is 0.0242. The van der Waals surface area contributed by atoms with Crippen LogP contribution in [0.3, 0.4) is 0 Å². The molecule has 1 aliphatic heterocycles. The van der Waals surface area contributed by atoms with E-state index in [2.05, 4.69) is 0 Å². The van der Waals surface area contributed by atoms with E-state index in [1.807, 2.05) is 0 Å². The van der Waals surface area contributed by atoms with Crippen molar-refractivity contribution in [1.29, 1.82) is 0 Å². The summed E-state index contributed by atoms with van der Waals surface area (Å²) in [6.07, 6.45) is -5.48. The smallest absolute Gasteiger partial charge is 0.333 e. The van der Waals surface area contributed by atoms with E-state index in [0.29, 0.717) is 24.8 Å². The van der Waals surface area contributed by atoms with Crippen LogP contribution in [-0.2, 0) is 14.3 Å². The molecule has 0 saturated carbocycles. The second kappa shape index (κ2) is 12.1. The van der Waals surface area contributed by atoms with Gasteiger partial charge in [-0.1, -0.05) is 6.08 Å². The summed E-state index contributed by atoms with van der Waals surface area (Å²) in [7, 11) is 0. The van der Waals surface area contributed by atoms with Gasteiger partial charge in [0.25, 0.3) is 0 Å². The molecule has 1 fully saturated rings. The number of aromatic hydroxyl groups is 3. The van der Waals surface area contributed by atoms with Gasteiger partial charge in [0, 0.05) is 23.3 Å². The van der Waals surface area contributed by atoms with E-state index in [9.17, 15) is 45.3 Å².